The van der Waals surface area contributed by atoms with Crippen molar-refractivity contribution in [2.45, 2.75) is 19.3 Å². The van der Waals surface area contributed by atoms with Crippen molar-refractivity contribution in [3.05, 3.63) is 29.3 Å². The number of nitrogens with two attached hydrogens (primary N) is 1. The molecule has 0 aliphatic heterocycles. The highest BCUT2D eigenvalue weighted by Crippen LogP contribution is 2.27. The maximum atomic E-state index is 13.1. The second kappa shape index (κ2) is 5.07. The van der Waals surface area contributed by atoms with Gasteiger partial charge in [0, 0.05) is 0 Å². The van der Waals surface area contributed by atoms with E-state index < -0.39 is 11.6 Å². The Morgan fingerprint density at radius 3 is 2.60 bits per heavy atom. The topological polar surface area (TPSA) is 35.2 Å². The SMILES string of the molecule is COc1cc(C(C)CCN)cc(F)c1F. The lowest BCUT2D eigenvalue weighted by molar-refractivity contribution is 0.370. The third-order valence-corrected chi connectivity index (χ3v) is 2.41. The first-order valence-electron chi connectivity index (χ1n) is 4.83. The molecular weight excluding hydrogens is 200 g/mol. The quantitative estimate of drug-likeness (QED) is 0.837. The van der Waals surface area contributed by atoms with Gasteiger partial charge in [-0.2, -0.15) is 4.39 Å². The molecule has 2 N–H and O–H groups in total. The van der Waals surface area contributed by atoms with Crippen LogP contribution in [0.15, 0.2) is 12.1 Å². The highest BCUT2D eigenvalue weighted by molar-refractivity contribution is 5.33. The summed E-state index contributed by atoms with van der Waals surface area (Å²) in [5, 5.41) is 0. The summed E-state index contributed by atoms with van der Waals surface area (Å²) in [6.45, 7) is 2.43. The van der Waals surface area contributed by atoms with Gasteiger partial charge in [0.1, 0.15) is 0 Å². The van der Waals surface area contributed by atoms with Crippen molar-refractivity contribution >= 4 is 0 Å². The molecule has 0 saturated heterocycles. The van der Waals surface area contributed by atoms with Crippen LogP contribution in [0.1, 0.15) is 24.8 Å². The van der Waals surface area contributed by atoms with Gasteiger partial charge in [0.05, 0.1) is 7.11 Å². The van der Waals surface area contributed by atoms with Gasteiger partial charge in [-0.05, 0) is 36.6 Å². The number of benzene rings is 1. The number of halogens is 2. The molecule has 1 atom stereocenters. The molecule has 1 unspecified atom stereocenters. The van der Waals surface area contributed by atoms with Gasteiger partial charge in [0.15, 0.2) is 11.6 Å². The molecule has 0 aromatic heterocycles. The Balaban J connectivity index is 3.05. The summed E-state index contributed by atoms with van der Waals surface area (Å²) >= 11 is 0. The Hall–Kier alpha value is -1.16. The fraction of sp³-hybridized carbons (Fsp3) is 0.455. The van der Waals surface area contributed by atoms with Gasteiger partial charge in [-0.3, -0.25) is 0 Å². The van der Waals surface area contributed by atoms with E-state index in [4.69, 9.17) is 10.5 Å². The molecule has 1 rings (SSSR count). The summed E-state index contributed by atoms with van der Waals surface area (Å²) in [7, 11) is 1.31. The average Bonchev–Trinajstić information content (AvgIpc) is 2.22. The molecular formula is C11H15F2NO. The number of rotatable bonds is 4. The standard InChI is InChI=1S/C11H15F2NO/c1-7(3-4-14)8-5-9(12)11(13)10(6-8)15-2/h5-7H,3-4,14H2,1-2H3. The monoisotopic (exact) mass is 215 g/mol. The molecule has 0 heterocycles. The predicted octanol–water partition coefficient (Wildman–Crippen LogP) is 2.43. The number of methoxy groups -OCH3 is 1. The van der Waals surface area contributed by atoms with Crippen molar-refractivity contribution in [3.63, 3.8) is 0 Å². The van der Waals surface area contributed by atoms with Gasteiger partial charge in [-0.25, -0.2) is 4.39 Å². The molecule has 4 heteroatoms. The molecule has 0 amide bonds. The van der Waals surface area contributed by atoms with Crippen LogP contribution in [-0.4, -0.2) is 13.7 Å². The van der Waals surface area contributed by atoms with Crippen molar-refractivity contribution < 1.29 is 13.5 Å². The van der Waals surface area contributed by atoms with E-state index in [2.05, 4.69) is 0 Å². The maximum absolute atomic E-state index is 13.1. The highest BCUT2D eigenvalue weighted by atomic mass is 19.2. The Kier molecular flexibility index (Phi) is 4.03. The van der Waals surface area contributed by atoms with E-state index in [1.807, 2.05) is 6.92 Å². The summed E-state index contributed by atoms with van der Waals surface area (Å²) in [5.74, 6) is -1.79. The van der Waals surface area contributed by atoms with E-state index in [1.165, 1.54) is 19.2 Å². The predicted molar refractivity (Wildman–Crippen MR) is 55.0 cm³/mol. The fourth-order valence-electron chi connectivity index (χ4n) is 1.43. The number of hydrogen-bond donors (Lipinski definition) is 1. The van der Waals surface area contributed by atoms with Gasteiger partial charge < -0.3 is 10.5 Å². The lowest BCUT2D eigenvalue weighted by Gasteiger charge is -2.12. The van der Waals surface area contributed by atoms with Crippen LogP contribution in [-0.2, 0) is 0 Å². The van der Waals surface area contributed by atoms with Gasteiger partial charge in [-0.15, -0.1) is 0 Å². The van der Waals surface area contributed by atoms with Crippen LogP contribution in [0.3, 0.4) is 0 Å². The van der Waals surface area contributed by atoms with Crippen molar-refractivity contribution in [1.82, 2.24) is 0 Å². The molecule has 1 aromatic rings. The first-order valence-corrected chi connectivity index (χ1v) is 4.83. The first kappa shape index (κ1) is 11.9. The van der Waals surface area contributed by atoms with Gasteiger partial charge in [-0.1, -0.05) is 6.92 Å². The summed E-state index contributed by atoms with van der Waals surface area (Å²) in [4.78, 5) is 0. The molecule has 0 aliphatic rings. The Morgan fingerprint density at radius 2 is 2.07 bits per heavy atom. The van der Waals surface area contributed by atoms with Crippen LogP contribution in [0.2, 0.25) is 0 Å². The van der Waals surface area contributed by atoms with Gasteiger partial charge >= 0.3 is 0 Å². The second-order valence-corrected chi connectivity index (χ2v) is 3.50. The smallest absolute Gasteiger partial charge is 0.200 e. The molecule has 1 aromatic carbocycles. The number of hydrogen-bond acceptors (Lipinski definition) is 2. The molecule has 0 spiro atoms. The van der Waals surface area contributed by atoms with Gasteiger partial charge in [0.25, 0.3) is 0 Å². The van der Waals surface area contributed by atoms with E-state index in [9.17, 15) is 8.78 Å². The van der Waals surface area contributed by atoms with Crippen LogP contribution in [0.25, 0.3) is 0 Å². The van der Waals surface area contributed by atoms with E-state index in [-0.39, 0.29) is 11.7 Å². The van der Waals surface area contributed by atoms with Gasteiger partial charge in [0.2, 0.25) is 5.82 Å². The molecule has 0 aliphatic carbocycles. The van der Waals surface area contributed by atoms with E-state index >= 15 is 0 Å². The molecule has 15 heavy (non-hydrogen) atoms. The molecule has 0 fully saturated rings. The van der Waals surface area contributed by atoms with Crippen LogP contribution >= 0.6 is 0 Å². The summed E-state index contributed by atoms with van der Waals surface area (Å²) < 4.78 is 31.0. The van der Waals surface area contributed by atoms with Crippen LogP contribution < -0.4 is 10.5 Å². The fourth-order valence-corrected chi connectivity index (χ4v) is 1.43. The largest absolute Gasteiger partial charge is 0.494 e. The zero-order valence-electron chi connectivity index (χ0n) is 8.89. The summed E-state index contributed by atoms with van der Waals surface area (Å²) in [6, 6.07) is 2.71. The normalized spacial score (nSPS) is 12.6. The lowest BCUT2D eigenvalue weighted by atomic mass is 9.97. The van der Waals surface area contributed by atoms with Crippen molar-refractivity contribution in [2.75, 3.05) is 13.7 Å². The van der Waals surface area contributed by atoms with E-state index in [1.54, 1.807) is 0 Å². The highest BCUT2D eigenvalue weighted by Gasteiger charge is 2.14. The van der Waals surface area contributed by atoms with Crippen molar-refractivity contribution in [2.24, 2.45) is 5.73 Å². The molecule has 2 nitrogen and oxygen atoms in total. The van der Waals surface area contributed by atoms with Crippen molar-refractivity contribution in [3.8, 4) is 5.75 Å². The van der Waals surface area contributed by atoms with Crippen molar-refractivity contribution in [1.29, 1.82) is 0 Å². The molecule has 0 saturated carbocycles. The summed E-state index contributed by atoms with van der Waals surface area (Å²) in [6.07, 6.45) is 0.730. The van der Waals surface area contributed by atoms with E-state index in [0.29, 0.717) is 12.1 Å². The second-order valence-electron chi connectivity index (χ2n) is 3.50. The molecule has 0 radical (unpaired) electrons. The minimum Gasteiger partial charge on any atom is -0.494 e. The maximum Gasteiger partial charge on any atom is 0.200 e. The molecule has 0 bridgehead atoms. The third kappa shape index (κ3) is 2.65. The lowest BCUT2D eigenvalue weighted by Crippen LogP contribution is -2.05. The third-order valence-electron chi connectivity index (χ3n) is 2.41. The molecule has 84 valence electrons. The zero-order chi connectivity index (χ0) is 11.4. The zero-order valence-corrected chi connectivity index (χ0v) is 8.89. The first-order chi connectivity index (χ1) is 7.10. The minimum absolute atomic E-state index is 0.0612. The number of ether oxygens (including phenoxy) is 1. The minimum atomic E-state index is -0.943. The van der Waals surface area contributed by atoms with Crippen LogP contribution in [0.5, 0.6) is 5.75 Å². The Labute approximate surface area is 88.0 Å². The van der Waals surface area contributed by atoms with Crippen LogP contribution in [0.4, 0.5) is 8.78 Å². The Bertz CT molecular complexity index is 342. The van der Waals surface area contributed by atoms with E-state index in [0.717, 1.165) is 6.42 Å². The average molecular weight is 215 g/mol. The Morgan fingerprint density at radius 1 is 1.40 bits per heavy atom. The van der Waals surface area contributed by atoms with Crippen LogP contribution in [0, 0.1) is 11.6 Å². The summed E-state index contributed by atoms with van der Waals surface area (Å²) in [5.41, 5.74) is 6.11.